The van der Waals surface area contributed by atoms with Gasteiger partial charge in [0.25, 0.3) is 11.8 Å². The van der Waals surface area contributed by atoms with Crippen molar-refractivity contribution in [1.82, 2.24) is 40.0 Å². The van der Waals surface area contributed by atoms with Gasteiger partial charge in [0.15, 0.2) is 0 Å². The zero-order valence-electron chi connectivity index (χ0n) is 44.9. The molecule has 1 saturated carbocycles. The molecule has 3 unspecified atom stereocenters. The van der Waals surface area contributed by atoms with E-state index in [0.717, 1.165) is 108 Å². The number of likely N-dealkylation sites (tertiary alicyclic amines) is 1. The Morgan fingerprint density at radius 3 is 2.40 bits per heavy atom. The maximum absolute atomic E-state index is 14.5. The van der Waals surface area contributed by atoms with Crippen LogP contribution in [0.2, 0.25) is 0 Å². The van der Waals surface area contributed by atoms with Gasteiger partial charge >= 0.3 is 5.97 Å². The minimum atomic E-state index is -0.954. The number of fused-ring (bicyclic) bond motifs is 6. The van der Waals surface area contributed by atoms with Gasteiger partial charge in [0, 0.05) is 74.8 Å². The first-order chi connectivity index (χ1) is 34.9. The number of carbonyl (C=O) groups is 5. The predicted octanol–water partition coefficient (Wildman–Crippen LogP) is 7.35. The molecule has 0 spiro atoms. The van der Waals surface area contributed by atoms with Crippen LogP contribution >= 0.6 is 0 Å². The van der Waals surface area contributed by atoms with Gasteiger partial charge in [-0.2, -0.15) is 0 Å². The molecule has 5 heterocycles. The van der Waals surface area contributed by atoms with Crippen molar-refractivity contribution in [2.24, 2.45) is 11.3 Å². The molecular weight excluding hydrogens is 921 g/mol. The highest BCUT2D eigenvalue weighted by atomic mass is 16.5. The van der Waals surface area contributed by atoms with E-state index in [-0.39, 0.29) is 48.3 Å². The van der Waals surface area contributed by atoms with Crippen molar-refractivity contribution in [1.29, 1.82) is 0 Å². The van der Waals surface area contributed by atoms with Gasteiger partial charge in [0.2, 0.25) is 12.3 Å². The topological polar surface area (TPSA) is 159 Å². The molecule has 8 rings (SSSR count). The zero-order chi connectivity index (χ0) is 52.6. The number of aryl methyl sites for hydroxylation is 1. The minimum absolute atomic E-state index is 0.0142. The van der Waals surface area contributed by atoms with Crippen molar-refractivity contribution in [3.8, 4) is 34.2 Å². The van der Waals surface area contributed by atoms with E-state index in [1.165, 1.54) is 9.91 Å². The van der Waals surface area contributed by atoms with E-state index in [0.29, 0.717) is 32.2 Å². The fourth-order valence-electron chi connectivity index (χ4n) is 10.6. The molecule has 2 N–H and O–H groups in total. The number of rotatable bonds is 10. The summed E-state index contributed by atoms with van der Waals surface area (Å²) < 4.78 is 14.3. The zero-order valence-corrected chi connectivity index (χ0v) is 44.9. The number of esters is 1. The van der Waals surface area contributed by atoms with Crippen molar-refractivity contribution in [3.05, 3.63) is 77.6 Å². The summed E-state index contributed by atoms with van der Waals surface area (Å²) >= 11 is 0. The predicted molar refractivity (Wildman–Crippen MR) is 285 cm³/mol. The van der Waals surface area contributed by atoms with Crippen molar-refractivity contribution >= 4 is 41.0 Å². The number of nitrogens with one attached hydrogen (secondary N) is 2. The van der Waals surface area contributed by atoms with Crippen LogP contribution in [-0.2, 0) is 52.8 Å². The number of pyridine rings is 1. The van der Waals surface area contributed by atoms with Gasteiger partial charge in [-0.3, -0.25) is 38.9 Å². The van der Waals surface area contributed by atoms with Crippen molar-refractivity contribution in [2.75, 3.05) is 54.5 Å². The maximum Gasteiger partial charge on any atom is 0.324 e. The Morgan fingerprint density at radius 2 is 1.71 bits per heavy atom. The first kappa shape index (κ1) is 54.7. The van der Waals surface area contributed by atoms with E-state index in [2.05, 4.69) is 84.3 Å². The van der Waals surface area contributed by atoms with Crippen LogP contribution in [0.25, 0.3) is 33.3 Å². The molecule has 0 radical (unpaired) electrons. The highest BCUT2D eigenvalue weighted by molar-refractivity contribution is 5.96. The molecule has 3 fully saturated rings. The van der Waals surface area contributed by atoms with Crippen LogP contribution in [0.3, 0.4) is 0 Å². The summed E-state index contributed by atoms with van der Waals surface area (Å²) in [6, 6.07) is 16.4. The third-order valence-corrected chi connectivity index (χ3v) is 15.3. The number of nitrogens with zero attached hydrogens (tertiary/aromatic N) is 6. The highest BCUT2D eigenvalue weighted by Gasteiger charge is 2.39. The molecule has 3 aliphatic heterocycles. The Morgan fingerprint density at radius 1 is 0.986 bits per heavy atom. The number of hydrogen-bond acceptors (Lipinski definition) is 10. The summed E-state index contributed by atoms with van der Waals surface area (Å²) in [6.07, 6.45) is 10.1. The summed E-state index contributed by atoms with van der Waals surface area (Å²) in [7, 11) is 7.26. The second-order valence-corrected chi connectivity index (χ2v) is 21.8. The van der Waals surface area contributed by atoms with Crippen molar-refractivity contribution < 1.29 is 33.4 Å². The van der Waals surface area contributed by atoms with Gasteiger partial charge in [0.1, 0.15) is 18.1 Å². The molecule has 73 heavy (non-hydrogen) atoms. The van der Waals surface area contributed by atoms with E-state index in [1.807, 2.05) is 62.9 Å². The molecule has 2 saturated heterocycles. The molecule has 4 aromatic rings. The van der Waals surface area contributed by atoms with Gasteiger partial charge in [-0.25, -0.2) is 5.43 Å². The largest absolute Gasteiger partial charge is 0.464 e. The number of methoxy groups -OCH3 is 1. The number of aromatic nitrogens is 2. The monoisotopic (exact) mass is 999 g/mol. The van der Waals surface area contributed by atoms with E-state index >= 15 is 0 Å². The molecule has 15 nitrogen and oxygen atoms in total. The third-order valence-electron chi connectivity index (χ3n) is 15.3. The van der Waals surface area contributed by atoms with Crippen LogP contribution in [0.5, 0.6) is 0 Å². The van der Waals surface area contributed by atoms with Gasteiger partial charge in [-0.15, -0.1) is 0 Å². The quantitative estimate of drug-likeness (QED) is 0.0936. The Bertz CT molecular complexity index is 2690. The average Bonchev–Trinajstić information content (AvgIpc) is 4.19. The van der Waals surface area contributed by atoms with Crippen LogP contribution < -0.4 is 10.7 Å². The van der Waals surface area contributed by atoms with E-state index in [1.54, 1.807) is 20.4 Å². The summed E-state index contributed by atoms with van der Waals surface area (Å²) in [6.45, 7) is 15.4. The normalized spacial score (nSPS) is 20.3. The number of hydrazine groups is 1. The van der Waals surface area contributed by atoms with Crippen molar-refractivity contribution in [3.63, 3.8) is 0 Å². The van der Waals surface area contributed by atoms with Crippen molar-refractivity contribution in [2.45, 2.75) is 142 Å². The second kappa shape index (κ2) is 23.9. The number of benzene rings is 2. The summed E-state index contributed by atoms with van der Waals surface area (Å²) in [5.41, 5.74) is 10.5. The first-order valence-electron chi connectivity index (χ1n) is 26.3. The average molecular weight is 999 g/mol. The van der Waals surface area contributed by atoms with Crippen LogP contribution in [-0.4, -0.2) is 138 Å². The Hall–Kier alpha value is -6.08. The maximum atomic E-state index is 14.5. The van der Waals surface area contributed by atoms with Crippen LogP contribution in [0.4, 0.5) is 0 Å². The summed E-state index contributed by atoms with van der Waals surface area (Å²) in [5, 5.41) is 5.65. The smallest absolute Gasteiger partial charge is 0.324 e. The number of ether oxygens (including phenoxy) is 2. The van der Waals surface area contributed by atoms with Gasteiger partial charge < -0.3 is 29.2 Å². The third kappa shape index (κ3) is 12.8. The molecule has 15 heteroatoms. The molecule has 2 aromatic carbocycles. The molecule has 1 aliphatic carbocycles. The molecular formula is C58H78N8O7. The van der Waals surface area contributed by atoms with Gasteiger partial charge in [0.05, 0.1) is 29.6 Å². The van der Waals surface area contributed by atoms with E-state index in [9.17, 15) is 24.0 Å². The SMILES string of the molecule is CCn1c(-c2cccnc2C(C)OC)c2c3cc(ccc31)-c1cccc(c1)CC(NC(=O)C(C1CCCC1)N(C)C=O)C(=O)N1CCC[C@H](N1)C(=O)OCC(C)(C)C2.CN(C)C(C)(C)C#CC(=O)N1CCCC1. The molecule has 6 bridgehead atoms. The lowest BCUT2D eigenvalue weighted by Crippen LogP contribution is -2.62. The second-order valence-electron chi connectivity index (χ2n) is 21.8. The number of cyclic esters (lactones) is 1. The number of hydrogen-bond donors (Lipinski definition) is 2. The lowest BCUT2D eigenvalue weighted by atomic mass is 9.84. The van der Waals surface area contributed by atoms with Crippen LogP contribution in [0.15, 0.2) is 60.8 Å². The van der Waals surface area contributed by atoms with Crippen LogP contribution in [0, 0.1) is 23.2 Å². The summed E-state index contributed by atoms with van der Waals surface area (Å²) in [4.78, 5) is 76.1. The van der Waals surface area contributed by atoms with Crippen LogP contribution in [0.1, 0.15) is 116 Å². The number of likely N-dealkylation sites (N-methyl/N-ethyl adjacent to an activating group) is 1. The van der Waals surface area contributed by atoms with E-state index in [4.69, 9.17) is 14.5 Å². The number of carbonyl (C=O) groups excluding carboxylic acids is 5. The lowest BCUT2D eigenvalue weighted by molar-refractivity contribution is -0.155. The summed E-state index contributed by atoms with van der Waals surface area (Å²) in [5.74, 6) is 4.64. The lowest BCUT2D eigenvalue weighted by Gasteiger charge is -2.36. The fraction of sp³-hybridized carbons (Fsp3) is 0.552. The minimum Gasteiger partial charge on any atom is -0.464 e. The Kier molecular flexibility index (Phi) is 17.9. The van der Waals surface area contributed by atoms with Gasteiger partial charge in [-0.05, 0) is 145 Å². The standard InChI is InChI=1S/C46H58N6O6.C12H20N2O/c1-7-51-39-20-19-33-25-35(39)36(42(51)34-17-11-21-47-40(34)29(2)57-6)26-46(3,4)27-58-45(56)37-18-12-22-52(49-37)44(55)38(24-30-13-10-16-32(33)23-30)48-43(54)41(50(5)28-53)31-14-8-9-15-31;1-12(2,13(3)4)8-7-11(15)14-9-5-6-10-14/h10-11,13,16-17,19-21,23,25,28-29,31,37-38,41,49H,7-9,12,14-15,18,22,24,26-27H2,1-6H3,(H,48,54);5-6,9-10H2,1-4H3/t29?,37-,38?,41?;/m0./s1. The molecule has 4 amide bonds. The molecule has 2 aromatic heterocycles. The Balaban J connectivity index is 0.000000447. The van der Waals surface area contributed by atoms with Gasteiger partial charge in [-0.1, -0.05) is 62.9 Å². The fourth-order valence-corrected chi connectivity index (χ4v) is 10.6. The molecule has 4 aliphatic rings. The molecule has 392 valence electrons. The van der Waals surface area contributed by atoms with E-state index < -0.39 is 29.5 Å². The first-order valence-corrected chi connectivity index (χ1v) is 26.3. The highest BCUT2D eigenvalue weighted by Crippen LogP contribution is 2.42. The molecule has 4 atom stereocenters. The Labute approximate surface area is 432 Å². The number of amides is 4.